The third-order valence-electron chi connectivity index (χ3n) is 3.48. The third kappa shape index (κ3) is 4.76. The van der Waals surface area contributed by atoms with Crippen LogP contribution in [-0.4, -0.2) is 32.5 Å². The number of benzene rings is 1. The van der Waals surface area contributed by atoms with Crippen molar-refractivity contribution in [3.05, 3.63) is 52.7 Å². The molecule has 2 heterocycles. The minimum atomic E-state index is -0.0263. The van der Waals surface area contributed by atoms with Crippen molar-refractivity contribution in [1.29, 1.82) is 0 Å². The van der Waals surface area contributed by atoms with Gasteiger partial charge in [-0.1, -0.05) is 42.1 Å². The van der Waals surface area contributed by atoms with Crippen LogP contribution in [0.25, 0.3) is 11.6 Å². The van der Waals surface area contributed by atoms with Gasteiger partial charge in [-0.3, -0.25) is 9.36 Å². The van der Waals surface area contributed by atoms with E-state index >= 15 is 0 Å². The van der Waals surface area contributed by atoms with Crippen LogP contribution in [0.15, 0.2) is 56.7 Å². The van der Waals surface area contributed by atoms with Crippen molar-refractivity contribution in [2.75, 3.05) is 5.75 Å². The SMILES string of the molecule is CC(C)NC(=O)CSc1nnc(-c2ccc(Br)o2)n1Cc1ccccc1. The molecule has 1 aromatic carbocycles. The Morgan fingerprint density at radius 3 is 2.65 bits per heavy atom. The highest BCUT2D eigenvalue weighted by Crippen LogP contribution is 2.28. The zero-order valence-electron chi connectivity index (χ0n) is 14.5. The molecule has 6 nitrogen and oxygen atoms in total. The number of nitrogens with zero attached hydrogens (tertiary/aromatic N) is 3. The fourth-order valence-electron chi connectivity index (χ4n) is 2.41. The van der Waals surface area contributed by atoms with Gasteiger partial charge in [-0.15, -0.1) is 10.2 Å². The molecule has 3 aromatic rings. The van der Waals surface area contributed by atoms with E-state index in [1.807, 2.05) is 60.9 Å². The Balaban J connectivity index is 1.86. The van der Waals surface area contributed by atoms with E-state index in [1.165, 1.54) is 11.8 Å². The average molecular weight is 435 g/mol. The van der Waals surface area contributed by atoms with E-state index in [4.69, 9.17) is 4.42 Å². The first-order valence-electron chi connectivity index (χ1n) is 8.18. The van der Waals surface area contributed by atoms with Crippen LogP contribution in [0.5, 0.6) is 0 Å². The molecule has 0 unspecified atom stereocenters. The number of nitrogens with one attached hydrogen (secondary N) is 1. The molecule has 2 aromatic heterocycles. The molecule has 8 heteroatoms. The molecule has 0 aliphatic rings. The van der Waals surface area contributed by atoms with Crippen molar-refractivity contribution < 1.29 is 9.21 Å². The summed E-state index contributed by atoms with van der Waals surface area (Å²) < 4.78 is 8.24. The van der Waals surface area contributed by atoms with Crippen LogP contribution in [0.1, 0.15) is 19.4 Å². The number of hydrogen-bond acceptors (Lipinski definition) is 5. The summed E-state index contributed by atoms with van der Waals surface area (Å²) in [5, 5.41) is 12.1. The van der Waals surface area contributed by atoms with Gasteiger partial charge in [0.1, 0.15) is 0 Å². The van der Waals surface area contributed by atoms with Gasteiger partial charge >= 0.3 is 0 Å². The van der Waals surface area contributed by atoms with Crippen LogP contribution < -0.4 is 5.32 Å². The number of halogens is 1. The molecule has 1 amide bonds. The number of carbonyl (C=O) groups excluding carboxylic acids is 1. The number of thioether (sulfide) groups is 1. The standard InChI is InChI=1S/C18H19BrN4O2S/c1-12(2)20-16(24)11-26-18-22-21-17(14-8-9-15(19)25-14)23(18)10-13-6-4-3-5-7-13/h3-9,12H,10-11H2,1-2H3,(H,20,24). The molecular weight excluding hydrogens is 416 g/mol. The fourth-order valence-corrected chi connectivity index (χ4v) is 3.47. The molecule has 0 aliphatic heterocycles. The summed E-state index contributed by atoms with van der Waals surface area (Å²) in [6.45, 7) is 4.47. The van der Waals surface area contributed by atoms with E-state index < -0.39 is 0 Å². The van der Waals surface area contributed by atoms with E-state index in [9.17, 15) is 4.79 Å². The summed E-state index contributed by atoms with van der Waals surface area (Å²) in [7, 11) is 0. The lowest BCUT2D eigenvalue weighted by Crippen LogP contribution is -2.31. The molecule has 0 fully saturated rings. The second-order valence-electron chi connectivity index (χ2n) is 5.99. The number of carbonyl (C=O) groups is 1. The third-order valence-corrected chi connectivity index (χ3v) is 4.87. The van der Waals surface area contributed by atoms with Crippen molar-refractivity contribution in [3.63, 3.8) is 0 Å². The molecule has 0 bridgehead atoms. The maximum Gasteiger partial charge on any atom is 0.230 e. The smallest absolute Gasteiger partial charge is 0.230 e. The van der Waals surface area contributed by atoms with Gasteiger partial charge in [0, 0.05) is 6.04 Å². The van der Waals surface area contributed by atoms with Crippen LogP contribution in [-0.2, 0) is 11.3 Å². The topological polar surface area (TPSA) is 73.0 Å². The second kappa shape index (κ2) is 8.55. The first kappa shape index (κ1) is 18.7. The van der Waals surface area contributed by atoms with E-state index in [1.54, 1.807) is 0 Å². The van der Waals surface area contributed by atoms with Crippen molar-refractivity contribution in [3.8, 4) is 11.6 Å². The summed E-state index contributed by atoms with van der Waals surface area (Å²) in [5.41, 5.74) is 1.12. The fraction of sp³-hybridized carbons (Fsp3) is 0.278. The monoisotopic (exact) mass is 434 g/mol. The highest BCUT2D eigenvalue weighted by atomic mass is 79.9. The Morgan fingerprint density at radius 1 is 1.23 bits per heavy atom. The number of aromatic nitrogens is 3. The van der Waals surface area contributed by atoms with E-state index in [2.05, 4.69) is 31.4 Å². The van der Waals surface area contributed by atoms with E-state index in [0.717, 1.165) is 5.56 Å². The Kier molecular flexibility index (Phi) is 6.16. The molecule has 136 valence electrons. The lowest BCUT2D eigenvalue weighted by atomic mass is 10.2. The van der Waals surface area contributed by atoms with Gasteiger partial charge in [-0.25, -0.2) is 0 Å². The van der Waals surface area contributed by atoms with Gasteiger partial charge in [0.2, 0.25) is 11.7 Å². The van der Waals surface area contributed by atoms with Crippen LogP contribution in [0.3, 0.4) is 0 Å². The van der Waals surface area contributed by atoms with Crippen LogP contribution >= 0.6 is 27.7 Å². The van der Waals surface area contributed by atoms with Crippen LogP contribution in [0.4, 0.5) is 0 Å². The Labute approximate surface area is 164 Å². The van der Waals surface area contributed by atoms with Gasteiger partial charge in [0.15, 0.2) is 15.6 Å². The normalized spacial score (nSPS) is 11.1. The quantitative estimate of drug-likeness (QED) is 0.569. The molecule has 0 saturated heterocycles. The maximum atomic E-state index is 12.0. The maximum absolute atomic E-state index is 12.0. The molecule has 0 radical (unpaired) electrons. The zero-order valence-corrected chi connectivity index (χ0v) is 16.9. The van der Waals surface area contributed by atoms with Crippen LogP contribution in [0.2, 0.25) is 0 Å². The zero-order chi connectivity index (χ0) is 18.5. The first-order chi connectivity index (χ1) is 12.5. The average Bonchev–Trinajstić information content (AvgIpc) is 3.19. The highest BCUT2D eigenvalue weighted by molar-refractivity contribution is 9.10. The summed E-state index contributed by atoms with van der Waals surface area (Å²) in [6.07, 6.45) is 0. The number of hydrogen-bond donors (Lipinski definition) is 1. The van der Waals surface area contributed by atoms with Gasteiger partial charge in [0.25, 0.3) is 0 Å². The molecule has 26 heavy (non-hydrogen) atoms. The predicted molar refractivity (Wildman–Crippen MR) is 105 cm³/mol. The van der Waals surface area contributed by atoms with Crippen molar-refractivity contribution in [2.45, 2.75) is 31.6 Å². The van der Waals surface area contributed by atoms with Crippen molar-refractivity contribution in [2.24, 2.45) is 0 Å². The van der Waals surface area contributed by atoms with Gasteiger partial charge < -0.3 is 9.73 Å². The largest absolute Gasteiger partial charge is 0.446 e. The summed E-state index contributed by atoms with van der Waals surface area (Å²) in [5.74, 6) is 1.51. The predicted octanol–water partition coefficient (Wildman–Crippen LogP) is 3.97. The Hall–Kier alpha value is -2.06. The molecular formula is C18H19BrN4O2S. The number of amides is 1. The minimum Gasteiger partial charge on any atom is -0.446 e. The molecule has 0 atom stereocenters. The van der Waals surface area contributed by atoms with E-state index in [0.29, 0.717) is 28.0 Å². The summed E-state index contributed by atoms with van der Waals surface area (Å²) in [4.78, 5) is 12.0. The molecule has 3 rings (SSSR count). The second-order valence-corrected chi connectivity index (χ2v) is 7.72. The molecule has 0 saturated carbocycles. The number of rotatable bonds is 7. The summed E-state index contributed by atoms with van der Waals surface area (Å²) >= 11 is 4.68. The van der Waals surface area contributed by atoms with Gasteiger partial charge in [0.05, 0.1) is 12.3 Å². The minimum absolute atomic E-state index is 0.0263. The first-order valence-corrected chi connectivity index (χ1v) is 9.96. The van der Waals surface area contributed by atoms with Crippen molar-refractivity contribution >= 4 is 33.6 Å². The highest BCUT2D eigenvalue weighted by Gasteiger charge is 2.18. The molecule has 1 N–H and O–H groups in total. The molecule has 0 spiro atoms. The Bertz CT molecular complexity index is 876. The number of furan rings is 1. The van der Waals surface area contributed by atoms with Gasteiger partial charge in [-0.05, 0) is 47.5 Å². The lowest BCUT2D eigenvalue weighted by molar-refractivity contribution is -0.119. The van der Waals surface area contributed by atoms with Gasteiger partial charge in [-0.2, -0.15) is 0 Å². The van der Waals surface area contributed by atoms with E-state index in [-0.39, 0.29) is 17.7 Å². The molecule has 0 aliphatic carbocycles. The van der Waals surface area contributed by atoms with Crippen LogP contribution in [0, 0.1) is 0 Å². The summed E-state index contributed by atoms with van der Waals surface area (Å²) in [6, 6.07) is 13.8. The lowest BCUT2D eigenvalue weighted by Gasteiger charge is -2.10. The van der Waals surface area contributed by atoms with Crippen molar-refractivity contribution in [1.82, 2.24) is 20.1 Å². The Morgan fingerprint density at radius 2 is 2.00 bits per heavy atom.